The number of ether oxygens (including phenoxy) is 1. The summed E-state index contributed by atoms with van der Waals surface area (Å²) >= 11 is 0. The van der Waals surface area contributed by atoms with Gasteiger partial charge in [0.1, 0.15) is 13.2 Å². The van der Waals surface area contributed by atoms with Crippen molar-refractivity contribution in [2.75, 3.05) is 0 Å². The Balaban J connectivity index is 2.46. The third kappa shape index (κ3) is 0.922. The normalized spacial score (nSPS) is 15.2. The molecule has 0 bridgehead atoms. The maximum absolute atomic E-state index is 10.8. The fourth-order valence-corrected chi connectivity index (χ4v) is 1.28. The minimum Gasteiger partial charge on any atom is -0.458 e. The number of aldehydes is 1. The van der Waals surface area contributed by atoms with Crippen LogP contribution < -0.4 is 0 Å². The zero-order valence-corrected chi connectivity index (χ0v) is 6.32. The second-order valence-corrected chi connectivity index (χ2v) is 2.61. The smallest absolute Gasteiger partial charge is 0.326 e. The summed E-state index contributed by atoms with van der Waals surface area (Å²) in [7, 11) is 0. The van der Waals surface area contributed by atoms with Gasteiger partial charge in [-0.15, -0.1) is 0 Å². The van der Waals surface area contributed by atoms with Crippen LogP contribution in [0, 0.1) is 0 Å². The Bertz CT molecular complexity index is 340. The van der Waals surface area contributed by atoms with Crippen LogP contribution in [0.5, 0.6) is 0 Å². The quantitative estimate of drug-likeness (QED) is 0.446. The lowest BCUT2D eigenvalue weighted by atomic mass is 10.4. The second-order valence-electron chi connectivity index (χ2n) is 2.61. The third-order valence-electron chi connectivity index (χ3n) is 1.89. The summed E-state index contributed by atoms with van der Waals surface area (Å²) < 4.78 is 6.45. The second kappa shape index (κ2) is 2.48. The molecule has 1 aliphatic rings. The van der Waals surface area contributed by atoms with Gasteiger partial charge in [0.25, 0.3) is 0 Å². The van der Waals surface area contributed by atoms with E-state index in [-0.39, 0.29) is 19.1 Å². The summed E-state index contributed by atoms with van der Waals surface area (Å²) in [4.78, 5) is 21.3. The van der Waals surface area contributed by atoms with Gasteiger partial charge in [0.2, 0.25) is 0 Å². The Labute approximate surface area is 68.7 Å². The highest BCUT2D eigenvalue weighted by atomic mass is 16.5. The molecule has 0 N–H and O–H groups in total. The molecule has 0 aromatic carbocycles. The zero-order chi connectivity index (χ0) is 8.55. The molecule has 1 aliphatic heterocycles. The minimum absolute atomic E-state index is 0.149. The van der Waals surface area contributed by atoms with Gasteiger partial charge in [-0.05, 0) is 12.1 Å². The van der Waals surface area contributed by atoms with E-state index in [1.807, 2.05) is 0 Å². The van der Waals surface area contributed by atoms with Crippen molar-refractivity contribution in [3.05, 3.63) is 23.5 Å². The van der Waals surface area contributed by atoms with Gasteiger partial charge in [-0.1, -0.05) is 0 Å². The number of carbonyl (C=O) groups excluding carboxylic acids is 2. The number of esters is 1. The van der Waals surface area contributed by atoms with Crippen molar-refractivity contribution in [3.8, 4) is 0 Å². The van der Waals surface area contributed by atoms with Gasteiger partial charge < -0.3 is 9.30 Å². The monoisotopic (exact) mass is 165 g/mol. The first kappa shape index (κ1) is 7.09. The van der Waals surface area contributed by atoms with Gasteiger partial charge in [0, 0.05) is 0 Å². The molecule has 0 amide bonds. The first-order valence-corrected chi connectivity index (χ1v) is 3.60. The van der Waals surface area contributed by atoms with Gasteiger partial charge in [0.05, 0.1) is 11.4 Å². The lowest BCUT2D eigenvalue weighted by Gasteiger charge is -2.15. The Morgan fingerprint density at radius 1 is 1.50 bits per heavy atom. The van der Waals surface area contributed by atoms with E-state index in [4.69, 9.17) is 4.74 Å². The molecule has 2 heterocycles. The van der Waals surface area contributed by atoms with Crippen molar-refractivity contribution >= 4 is 12.3 Å². The zero-order valence-electron chi connectivity index (χ0n) is 6.32. The maximum Gasteiger partial charge on any atom is 0.326 e. The molecule has 0 saturated carbocycles. The van der Waals surface area contributed by atoms with Crippen LogP contribution in [0.15, 0.2) is 12.1 Å². The number of nitrogens with zero attached hydrogens (tertiary/aromatic N) is 1. The summed E-state index contributed by atoms with van der Waals surface area (Å²) in [5, 5.41) is 0. The van der Waals surface area contributed by atoms with Gasteiger partial charge in [-0.3, -0.25) is 9.59 Å². The van der Waals surface area contributed by atoms with Crippen molar-refractivity contribution in [3.63, 3.8) is 0 Å². The lowest BCUT2D eigenvalue weighted by Crippen LogP contribution is -2.22. The van der Waals surface area contributed by atoms with Crippen LogP contribution in [0.3, 0.4) is 0 Å². The van der Waals surface area contributed by atoms with E-state index in [9.17, 15) is 9.59 Å². The molecule has 0 fully saturated rings. The number of hydrogen-bond donors (Lipinski definition) is 0. The number of aromatic nitrogens is 1. The largest absolute Gasteiger partial charge is 0.458 e. The molecule has 0 saturated heterocycles. The fourth-order valence-electron chi connectivity index (χ4n) is 1.28. The molecule has 62 valence electrons. The molecule has 4 heteroatoms. The highest BCUT2D eigenvalue weighted by Crippen LogP contribution is 2.13. The van der Waals surface area contributed by atoms with Crippen LogP contribution in [0.1, 0.15) is 16.2 Å². The molecular formula is C8H7NO3. The summed E-state index contributed by atoms with van der Waals surface area (Å²) in [5.41, 5.74) is 1.40. The number of cyclic esters (lactones) is 1. The molecule has 1 aromatic heterocycles. The Morgan fingerprint density at radius 2 is 2.33 bits per heavy atom. The van der Waals surface area contributed by atoms with Gasteiger partial charge in [-0.25, -0.2) is 0 Å². The topological polar surface area (TPSA) is 48.3 Å². The number of rotatable bonds is 1. The SMILES string of the molecule is O=Cc1ccc2n1CC(=O)OC2. The molecule has 0 aliphatic carbocycles. The van der Waals surface area contributed by atoms with E-state index in [1.54, 1.807) is 16.7 Å². The first-order valence-electron chi connectivity index (χ1n) is 3.60. The maximum atomic E-state index is 10.8. The van der Waals surface area contributed by atoms with E-state index in [0.29, 0.717) is 5.69 Å². The molecule has 2 rings (SSSR count). The number of hydrogen-bond acceptors (Lipinski definition) is 3. The van der Waals surface area contributed by atoms with E-state index in [0.717, 1.165) is 12.0 Å². The Hall–Kier alpha value is -1.58. The molecule has 0 radical (unpaired) electrons. The van der Waals surface area contributed by atoms with Crippen molar-refractivity contribution in [2.24, 2.45) is 0 Å². The van der Waals surface area contributed by atoms with Crippen molar-refractivity contribution in [1.82, 2.24) is 4.57 Å². The van der Waals surface area contributed by atoms with E-state index >= 15 is 0 Å². The molecule has 0 atom stereocenters. The molecule has 0 spiro atoms. The summed E-state index contributed by atoms with van der Waals surface area (Å²) in [6.45, 7) is 0.420. The van der Waals surface area contributed by atoms with Gasteiger partial charge >= 0.3 is 5.97 Å². The molecule has 12 heavy (non-hydrogen) atoms. The molecular weight excluding hydrogens is 158 g/mol. The van der Waals surface area contributed by atoms with Gasteiger partial charge in [-0.2, -0.15) is 0 Å². The number of carbonyl (C=O) groups is 2. The Morgan fingerprint density at radius 3 is 3.08 bits per heavy atom. The van der Waals surface area contributed by atoms with Crippen LogP contribution in [0.4, 0.5) is 0 Å². The summed E-state index contributed by atoms with van der Waals surface area (Å²) in [5.74, 6) is -0.290. The summed E-state index contributed by atoms with van der Waals surface area (Å²) in [6, 6.07) is 3.47. The van der Waals surface area contributed by atoms with Crippen LogP contribution in [0.2, 0.25) is 0 Å². The average Bonchev–Trinajstić information content (AvgIpc) is 2.46. The number of fused-ring (bicyclic) bond motifs is 1. The van der Waals surface area contributed by atoms with Gasteiger partial charge in [0.15, 0.2) is 6.29 Å². The highest BCUT2D eigenvalue weighted by molar-refractivity contribution is 5.76. The van der Waals surface area contributed by atoms with Crippen LogP contribution in [-0.4, -0.2) is 16.8 Å². The van der Waals surface area contributed by atoms with Crippen LogP contribution in [0.25, 0.3) is 0 Å². The van der Waals surface area contributed by atoms with Crippen LogP contribution in [-0.2, 0) is 22.7 Å². The van der Waals surface area contributed by atoms with E-state index in [2.05, 4.69) is 0 Å². The van der Waals surface area contributed by atoms with Crippen LogP contribution >= 0.6 is 0 Å². The predicted octanol–water partition coefficient (Wildman–Crippen LogP) is 0.357. The first-order chi connectivity index (χ1) is 5.81. The molecule has 4 nitrogen and oxygen atoms in total. The lowest BCUT2D eigenvalue weighted by molar-refractivity contribution is -0.148. The average molecular weight is 165 g/mol. The van der Waals surface area contributed by atoms with E-state index < -0.39 is 0 Å². The van der Waals surface area contributed by atoms with Crippen molar-refractivity contribution < 1.29 is 14.3 Å². The predicted molar refractivity (Wildman–Crippen MR) is 39.6 cm³/mol. The molecule has 0 unspecified atom stereocenters. The highest BCUT2D eigenvalue weighted by Gasteiger charge is 2.17. The van der Waals surface area contributed by atoms with Crippen molar-refractivity contribution in [2.45, 2.75) is 13.2 Å². The standard InChI is InChI=1S/C8H7NO3/c10-4-6-1-2-7-5-12-8(11)3-9(6)7/h1-2,4H,3,5H2. The van der Waals surface area contributed by atoms with Crippen molar-refractivity contribution in [1.29, 1.82) is 0 Å². The fraction of sp³-hybridized carbons (Fsp3) is 0.250. The third-order valence-corrected chi connectivity index (χ3v) is 1.89. The van der Waals surface area contributed by atoms with E-state index in [1.165, 1.54) is 0 Å². The Kier molecular flexibility index (Phi) is 1.46. The minimum atomic E-state index is -0.290. The molecule has 1 aromatic rings. The summed E-state index contributed by atoms with van der Waals surface area (Å²) in [6.07, 6.45) is 0.738.